The van der Waals surface area contributed by atoms with Crippen molar-refractivity contribution in [3.8, 4) is 0 Å². The Hall–Kier alpha value is -0.800. The summed E-state index contributed by atoms with van der Waals surface area (Å²) in [5.74, 6) is 0. The summed E-state index contributed by atoms with van der Waals surface area (Å²) < 4.78 is 5.13. The zero-order chi connectivity index (χ0) is 10.6. The molecule has 0 spiro atoms. The Balaban J connectivity index is 2.59. The maximum absolute atomic E-state index is 5.74. The van der Waals surface area contributed by atoms with Gasteiger partial charge >= 0.3 is 0 Å². The number of nitrogens with one attached hydrogen (secondary N) is 1. The molecule has 0 saturated heterocycles. The monoisotopic (exact) mass is 214 g/mol. The quantitative estimate of drug-likeness (QED) is 0.782. The van der Waals surface area contributed by atoms with E-state index < -0.39 is 0 Å². The van der Waals surface area contributed by atoms with Crippen molar-refractivity contribution in [2.24, 2.45) is 0 Å². The number of nitrogens with zero attached hydrogens (tertiary/aromatic N) is 1. The number of aromatic nitrogens is 1. The largest absolute Gasteiger partial charge is 0.381 e. The average Bonchev–Trinajstić information content (AvgIpc) is 2.16. The molecule has 0 aliphatic carbocycles. The lowest BCUT2D eigenvalue weighted by Gasteiger charge is -2.13. The van der Waals surface area contributed by atoms with E-state index in [1.54, 1.807) is 13.2 Å². The molecular formula is C10H15ClN2O. The van der Waals surface area contributed by atoms with Gasteiger partial charge in [0, 0.05) is 13.7 Å². The molecular weight excluding hydrogens is 200 g/mol. The Kier molecular flexibility index (Phi) is 4.17. The van der Waals surface area contributed by atoms with Crippen molar-refractivity contribution >= 4 is 17.3 Å². The molecule has 1 heterocycles. The van der Waals surface area contributed by atoms with Crippen LogP contribution < -0.4 is 5.32 Å². The third-order valence-electron chi connectivity index (χ3n) is 2.03. The standard InChI is InChI=1S/C10H15ClN2O/c1-7(14-3)6-12-9-4-5-10(11)13-8(9)2/h4-5,7,12H,6H2,1-3H3. The molecule has 4 heteroatoms. The van der Waals surface area contributed by atoms with Crippen LogP contribution in [-0.2, 0) is 4.74 Å². The van der Waals surface area contributed by atoms with Gasteiger partial charge in [0.15, 0.2) is 0 Å². The molecule has 0 aliphatic rings. The number of ether oxygens (including phenoxy) is 1. The maximum Gasteiger partial charge on any atom is 0.129 e. The van der Waals surface area contributed by atoms with Crippen molar-refractivity contribution in [3.05, 3.63) is 23.0 Å². The smallest absolute Gasteiger partial charge is 0.129 e. The summed E-state index contributed by atoms with van der Waals surface area (Å²) in [6.45, 7) is 4.69. The van der Waals surface area contributed by atoms with Gasteiger partial charge in [-0.15, -0.1) is 0 Å². The summed E-state index contributed by atoms with van der Waals surface area (Å²) in [6.07, 6.45) is 0.185. The normalized spacial score (nSPS) is 12.6. The Morgan fingerprint density at radius 2 is 2.29 bits per heavy atom. The van der Waals surface area contributed by atoms with Crippen molar-refractivity contribution in [2.75, 3.05) is 19.0 Å². The third-order valence-corrected chi connectivity index (χ3v) is 2.24. The van der Waals surface area contributed by atoms with Gasteiger partial charge in [0.2, 0.25) is 0 Å². The van der Waals surface area contributed by atoms with E-state index in [2.05, 4.69) is 10.3 Å². The van der Waals surface area contributed by atoms with Crippen LogP contribution in [0.2, 0.25) is 5.15 Å². The molecule has 3 nitrogen and oxygen atoms in total. The second-order valence-electron chi connectivity index (χ2n) is 3.19. The Morgan fingerprint density at radius 1 is 1.57 bits per heavy atom. The molecule has 1 aromatic heterocycles. The van der Waals surface area contributed by atoms with Crippen molar-refractivity contribution in [1.82, 2.24) is 4.98 Å². The number of rotatable bonds is 4. The Bertz CT molecular complexity index is 304. The molecule has 78 valence electrons. The van der Waals surface area contributed by atoms with E-state index in [1.807, 2.05) is 19.9 Å². The number of anilines is 1. The fourth-order valence-electron chi connectivity index (χ4n) is 1.05. The van der Waals surface area contributed by atoms with Crippen LogP contribution in [0.1, 0.15) is 12.6 Å². The average molecular weight is 215 g/mol. The minimum atomic E-state index is 0.185. The second kappa shape index (κ2) is 5.17. The molecule has 1 atom stereocenters. The first kappa shape index (κ1) is 11.3. The van der Waals surface area contributed by atoms with E-state index in [0.717, 1.165) is 17.9 Å². The highest BCUT2D eigenvalue weighted by molar-refractivity contribution is 6.29. The third kappa shape index (κ3) is 3.16. The lowest BCUT2D eigenvalue weighted by molar-refractivity contribution is 0.129. The summed E-state index contributed by atoms with van der Waals surface area (Å²) >= 11 is 5.74. The van der Waals surface area contributed by atoms with Gasteiger partial charge in [-0.25, -0.2) is 4.98 Å². The van der Waals surface area contributed by atoms with E-state index >= 15 is 0 Å². The highest BCUT2D eigenvalue weighted by Crippen LogP contribution is 2.15. The molecule has 0 radical (unpaired) electrons. The van der Waals surface area contributed by atoms with Crippen molar-refractivity contribution in [3.63, 3.8) is 0 Å². The lowest BCUT2D eigenvalue weighted by Crippen LogP contribution is -2.18. The van der Waals surface area contributed by atoms with Crippen molar-refractivity contribution in [2.45, 2.75) is 20.0 Å². The first-order valence-corrected chi connectivity index (χ1v) is 4.91. The van der Waals surface area contributed by atoms with E-state index in [0.29, 0.717) is 5.15 Å². The van der Waals surface area contributed by atoms with Crippen LogP contribution in [0, 0.1) is 6.92 Å². The lowest BCUT2D eigenvalue weighted by atomic mass is 10.3. The molecule has 1 rings (SSSR count). The van der Waals surface area contributed by atoms with Gasteiger partial charge in [0.25, 0.3) is 0 Å². The van der Waals surface area contributed by atoms with E-state index in [4.69, 9.17) is 16.3 Å². The van der Waals surface area contributed by atoms with Crippen molar-refractivity contribution in [1.29, 1.82) is 0 Å². The van der Waals surface area contributed by atoms with Crippen LogP contribution in [0.4, 0.5) is 5.69 Å². The summed E-state index contributed by atoms with van der Waals surface area (Å²) in [4.78, 5) is 4.14. The van der Waals surface area contributed by atoms with E-state index in [1.165, 1.54) is 0 Å². The van der Waals surface area contributed by atoms with Gasteiger partial charge in [-0.1, -0.05) is 11.6 Å². The minimum Gasteiger partial charge on any atom is -0.381 e. The van der Waals surface area contributed by atoms with Crippen LogP contribution in [-0.4, -0.2) is 24.7 Å². The number of hydrogen-bond acceptors (Lipinski definition) is 3. The number of aryl methyl sites for hydroxylation is 1. The molecule has 0 amide bonds. The molecule has 1 N–H and O–H groups in total. The fourth-order valence-corrected chi connectivity index (χ4v) is 1.24. The van der Waals surface area contributed by atoms with Gasteiger partial charge in [-0.2, -0.15) is 0 Å². The summed E-state index contributed by atoms with van der Waals surface area (Å²) in [5, 5.41) is 3.77. The summed E-state index contributed by atoms with van der Waals surface area (Å²) in [5.41, 5.74) is 1.90. The number of pyridine rings is 1. The van der Waals surface area contributed by atoms with E-state index in [-0.39, 0.29) is 6.10 Å². The Labute approximate surface area is 89.4 Å². The number of hydrogen-bond donors (Lipinski definition) is 1. The highest BCUT2D eigenvalue weighted by Gasteiger charge is 2.02. The van der Waals surface area contributed by atoms with Crippen LogP contribution in [0.15, 0.2) is 12.1 Å². The Morgan fingerprint density at radius 3 is 2.86 bits per heavy atom. The van der Waals surface area contributed by atoms with E-state index in [9.17, 15) is 0 Å². The first-order valence-electron chi connectivity index (χ1n) is 4.53. The first-order chi connectivity index (χ1) is 6.63. The summed E-state index contributed by atoms with van der Waals surface area (Å²) in [6, 6.07) is 3.70. The van der Waals surface area contributed by atoms with Gasteiger partial charge in [-0.3, -0.25) is 0 Å². The predicted molar refractivity (Wildman–Crippen MR) is 58.9 cm³/mol. The van der Waals surface area contributed by atoms with Crippen LogP contribution in [0.5, 0.6) is 0 Å². The zero-order valence-corrected chi connectivity index (χ0v) is 9.43. The van der Waals surface area contributed by atoms with Crippen LogP contribution in [0.25, 0.3) is 0 Å². The summed E-state index contributed by atoms with van der Waals surface area (Å²) in [7, 11) is 1.69. The highest BCUT2D eigenvalue weighted by atomic mass is 35.5. The van der Waals surface area contributed by atoms with Gasteiger partial charge in [0.05, 0.1) is 17.5 Å². The molecule has 1 aromatic rings. The maximum atomic E-state index is 5.74. The van der Waals surface area contributed by atoms with Crippen LogP contribution >= 0.6 is 11.6 Å². The molecule has 0 fully saturated rings. The van der Waals surface area contributed by atoms with Gasteiger partial charge in [0.1, 0.15) is 5.15 Å². The van der Waals surface area contributed by atoms with Gasteiger partial charge < -0.3 is 10.1 Å². The van der Waals surface area contributed by atoms with Crippen LogP contribution in [0.3, 0.4) is 0 Å². The second-order valence-corrected chi connectivity index (χ2v) is 3.58. The zero-order valence-electron chi connectivity index (χ0n) is 8.67. The molecule has 14 heavy (non-hydrogen) atoms. The predicted octanol–water partition coefficient (Wildman–Crippen LogP) is 2.49. The number of halogens is 1. The topological polar surface area (TPSA) is 34.1 Å². The van der Waals surface area contributed by atoms with Gasteiger partial charge in [-0.05, 0) is 26.0 Å². The van der Waals surface area contributed by atoms with Crippen molar-refractivity contribution < 1.29 is 4.74 Å². The molecule has 0 aliphatic heterocycles. The fraction of sp³-hybridized carbons (Fsp3) is 0.500. The minimum absolute atomic E-state index is 0.185. The molecule has 0 saturated carbocycles. The SMILES string of the molecule is COC(C)CNc1ccc(Cl)nc1C. The molecule has 0 aromatic carbocycles. The molecule has 0 bridgehead atoms. The number of methoxy groups -OCH3 is 1. The molecule has 1 unspecified atom stereocenters.